The molecule has 0 aliphatic carbocycles. The predicted octanol–water partition coefficient (Wildman–Crippen LogP) is 2.48. The minimum Gasteiger partial charge on any atom is -0.487 e. The fourth-order valence-electron chi connectivity index (χ4n) is 4.48. The van der Waals surface area contributed by atoms with Crippen LogP contribution in [-0.2, 0) is 9.53 Å². The maximum atomic E-state index is 11.4. The molecule has 3 aliphatic rings. The normalized spacial score (nSPS) is 21.6. The third kappa shape index (κ3) is 5.05. The monoisotopic (exact) mass is 447 g/mol. The van der Waals surface area contributed by atoms with Crippen molar-refractivity contribution in [1.29, 1.82) is 5.26 Å². The van der Waals surface area contributed by atoms with Crippen molar-refractivity contribution in [1.82, 2.24) is 10.2 Å². The molecule has 1 atom stereocenters. The second kappa shape index (κ2) is 9.69. The van der Waals surface area contributed by atoms with Crippen molar-refractivity contribution in [3.8, 4) is 11.8 Å². The number of benzene rings is 2. The molecule has 8 heteroatoms. The zero-order valence-corrected chi connectivity index (χ0v) is 18.6. The molecular formula is C25H29N5O3. The van der Waals surface area contributed by atoms with Crippen LogP contribution >= 0.6 is 0 Å². The van der Waals surface area contributed by atoms with Crippen LogP contribution in [0.4, 0.5) is 17.1 Å². The Labute approximate surface area is 194 Å². The van der Waals surface area contributed by atoms with Crippen molar-refractivity contribution < 1.29 is 14.3 Å². The summed E-state index contributed by atoms with van der Waals surface area (Å²) in [5, 5.41) is 15.7. The van der Waals surface area contributed by atoms with Gasteiger partial charge in [0.25, 0.3) is 0 Å². The van der Waals surface area contributed by atoms with Gasteiger partial charge in [-0.05, 0) is 42.8 Å². The highest BCUT2D eigenvalue weighted by atomic mass is 16.5. The van der Waals surface area contributed by atoms with Crippen LogP contribution in [-0.4, -0.2) is 68.9 Å². The van der Waals surface area contributed by atoms with Crippen molar-refractivity contribution in [3.63, 3.8) is 0 Å². The van der Waals surface area contributed by atoms with E-state index in [1.807, 2.05) is 12.1 Å². The highest BCUT2D eigenvalue weighted by Crippen LogP contribution is 2.28. The number of piperazine rings is 1. The molecule has 3 fully saturated rings. The predicted molar refractivity (Wildman–Crippen MR) is 126 cm³/mol. The number of nitrogens with one attached hydrogen (secondary N) is 2. The van der Waals surface area contributed by atoms with E-state index in [-0.39, 0.29) is 12.0 Å². The summed E-state index contributed by atoms with van der Waals surface area (Å²) in [7, 11) is 0. The van der Waals surface area contributed by atoms with Gasteiger partial charge in [0, 0.05) is 55.7 Å². The number of ether oxygens (including phenoxy) is 2. The van der Waals surface area contributed by atoms with Crippen LogP contribution in [0.25, 0.3) is 0 Å². The average Bonchev–Trinajstić information content (AvgIpc) is 2.81. The summed E-state index contributed by atoms with van der Waals surface area (Å²) >= 11 is 0. The molecule has 8 nitrogen and oxygen atoms in total. The van der Waals surface area contributed by atoms with E-state index < -0.39 is 0 Å². The summed E-state index contributed by atoms with van der Waals surface area (Å²) < 4.78 is 11.4. The summed E-state index contributed by atoms with van der Waals surface area (Å²) in [6, 6.07) is 16.8. The Kier molecular flexibility index (Phi) is 6.33. The lowest BCUT2D eigenvalue weighted by molar-refractivity contribution is -0.123. The smallest absolute Gasteiger partial charge is 0.220 e. The van der Waals surface area contributed by atoms with Crippen LogP contribution in [0.15, 0.2) is 42.5 Å². The number of carbonyl (C=O) groups is 1. The van der Waals surface area contributed by atoms with Gasteiger partial charge in [0.15, 0.2) is 0 Å². The Bertz CT molecular complexity index is 1010. The second-order valence-electron chi connectivity index (χ2n) is 8.79. The molecule has 3 aliphatic heterocycles. The number of piperidine rings is 1. The second-order valence-corrected chi connectivity index (χ2v) is 8.79. The molecule has 1 amide bonds. The Hall–Kier alpha value is -3.28. The van der Waals surface area contributed by atoms with Gasteiger partial charge in [-0.1, -0.05) is 0 Å². The van der Waals surface area contributed by atoms with Crippen molar-refractivity contribution in [3.05, 3.63) is 48.0 Å². The van der Waals surface area contributed by atoms with E-state index in [4.69, 9.17) is 9.47 Å². The third-order valence-electron chi connectivity index (χ3n) is 6.59. The molecule has 0 saturated carbocycles. The minimum atomic E-state index is -0.124. The number of hydrogen-bond donors (Lipinski definition) is 2. The first-order valence-electron chi connectivity index (χ1n) is 11.6. The number of rotatable bonds is 6. The molecule has 0 bridgehead atoms. The van der Waals surface area contributed by atoms with Gasteiger partial charge in [0.2, 0.25) is 5.91 Å². The van der Waals surface area contributed by atoms with Crippen molar-refractivity contribution in [2.45, 2.75) is 25.0 Å². The summed E-state index contributed by atoms with van der Waals surface area (Å²) in [6.45, 7) is 6.42. The van der Waals surface area contributed by atoms with Crippen molar-refractivity contribution in [2.75, 3.05) is 56.2 Å². The third-order valence-corrected chi connectivity index (χ3v) is 6.59. The molecule has 0 aromatic heterocycles. The van der Waals surface area contributed by atoms with E-state index in [9.17, 15) is 10.1 Å². The van der Waals surface area contributed by atoms with Gasteiger partial charge in [-0.3, -0.25) is 9.69 Å². The molecule has 1 unspecified atom stereocenters. The number of nitriles is 1. The molecule has 2 N–H and O–H groups in total. The Morgan fingerprint density at radius 2 is 1.82 bits per heavy atom. The lowest BCUT2D eigenvalue weighted by atomic mass is 10.1. The van der Waals surface area contributed by atoms with Gasteiger partial charge in [-0.2, -0.15) is 5.26 Å². The number of nitrogens with zero attached hydrogens (tertiary/aromatic N) is 3. The summed E-state index contributed by atoms with van der Waals surface area (Å²) in [5.41, 5.74) is 3.55. The maximum Gasteiger partial charge on any atom is 0.220 e. The first-order chi connectivity index (χ1) is 16.2. The van der Waals surface area contributed by atoms with Gasteiger partial charge in [0.1, 0.15) is 17.9 Å². The average molecular weight is 448 g/mol. The molecule has 0 radical (unpaired) electrons. The Balaban J connectivity index is 1.20. The largest absolute Gasteiger partial charge is 0.487 e. The van der Waals surface area contributed by atoms with Gasteiger partial charge in [-0.15, -0.1) is 0 Å². The van der Waals surface area contributed by atoms with Crippen molar-refractivity contribution in [2.24, 2.45) is 0 Å². The maximum absolute atomic E-state index is 11.4. The van der Waals surface area contributed by atoms with E-state index in [2.05, 4.69) is 50.8 Å². The van der Waals surface area contributed by atoms with E-state index in [1.54, 1.807) is 6.07 Å². The molecule has 3 saturated heterocycles. The summed E-state index contributed by atoms with van der Waals surface area (Å²) in [4.78, 5) is 16.3. The molecule has 0 spiro atoms. The number of anilines is 3. The molecule has 2 aromatic rings. The molecule has 5 rings (SSSR count). The van der Waals surface area contributed by atoms with Gasteiger partial charge >= 0.3 is 0 Å². The van der Waals surface area contributed by atoms with E-state index in [0.29, 0.717) is 36.7 Å². The van der Waals surface area contributed by atoms with Crippen LogP contribution in [0, 0.1) is 11.3 Å². The van der Waals surface area contributed by atoms with Crippen LogP contribution in [0.2, 0.25) is 0 Å². The zero-order valence-electron chi connectivity index (χ0n) is 18.6. The van der Waals surface area contributed by atoms with Gasteiger partial charge in [-0.25, -0.2) is 0 Å². The van der Waals surface area contributed by atoms with Crippen LogP contribution in [0.3, 0.4) is 0 Å². The van der Waals surface area contributed by atoms with E-state index in [1.165, 1.54) is 5.69 Å². The lowest BCUT2D eigenvalue weighted by Gasteiger charge is -2.43. The fraction of sp³-hybridized carbons (Fsp3) is 0.440. The summed E-state index contributed by atoms with van der Waals surface area (Å²) in [6.07, 6.45) is 0.973. The van der Waals surface area contributed by atoms with Gasteiger partial charge < -0.3 is 25.0 Å². The highest BCUT2D eigenvalue weighted by molar-refractivity contribution is 5.76. The SMILES string of the molecule is N#Cc1ccc(Nc2ccc(N3CCN(C4COC4)CC3)cc2)cc1OC1CCC(=O)NC1. The molecule has 33 heavy (non-hydrogen) atoms. The number of carbonyl (C=O) groups excluding carboxylic acids is 1. The lowest BCUT2D eigenvalue weighted by Crippen LogP contribution is -2.56. The Morgan fingerprint density at radius 1 is 1.06 bits per heavy atom. The molecular weight excluding hydrogens is 418 g/mol. The van der Waals surface area contributed by atoms with Crippen LogP contribution in [0.1, 0.15) is 18.4 Å². The first-order valence-corrected chi connectivity index (χ1v) is 11.6. The van der Waals surface area contributed by atoms with E-state index >= 15 is 0 Å². The molecule has 172 valence electrons. The standard InChI is InChI=1S/C25H29N5O3/c26-14-18-1-2-20(13-24(18)33-23-7-8-25(31)27-15-23)28-19-3-5-21(6-4-19)29-9-11-30(12-10-29)22-16-32-17-22/h1-6,13,22-23,28H,7-12,15-17H2,(H,27,31). The topological polar surface area (TPSA) is 89.9 Å². The molecule has 3 heterocycles. The Morgan fingerprint density at radius 3 is 2.45 bits per heavy atom. The van der Waals surface area contributed by atoms with Crippen LogP contribution in [0.5, 0.6) is 5.75 Å². The minimum absolute atomic E-state index is 0.0454. The zero-order chi connectivity index (χ0) is 22.6. The van der Waals surface area contributed by atoms with Gasteiger partial charge in [0.05, 0.1) is 31.4 Å². The highest BCUT2D eigenvalue weighted by Gasteiger charge is 2.28. The quantitative estimate of drug-likeness (QED) is 0.703. The fourth-order valence-corrected chi connectivity index (χ4v) is 4.48. The van der Waals surface area contributed by atoms with Crippen LogP contribution < -0.4 is 20.3 Å². The number of amides is 1. The summed E-state index contributed by atoms with van der Waals surface area (Å²) in [5.74, 6) is 0.582. The first kappa shape index (κ1) is 21.6. The molecule has 2 aromatic carbocycles. The van der Waals surface area contributed by atoms with Crippen molar-refractivity contribution >= 4 is 23.0 Å². The number of hydrogen-bond acceptors (Lipinski definition) is 7. The van der Waals surface area contributed by atoms with E-state index in [0.717, 1.165) is 50.8 Å².